The number of ether oxygens (including phenoxy) is 1. The van der Waals surface area contributed by atoms with Gasteiger partial charge in [-0.3, -0.25) is 4.79 Å². The summed E-state index contributed by atoms with van der Waals surface area (Å²) in [4.78, 5) is 23.6. The lowest BCUT2D eigenvalue weighted by Crippen LogP contribution is -2.52. The summed E-state index contributed by atoms with van der Waals surface area (Å²) in [6.45, 7) is 1.97. The first-order valence-electron chi connectivity index (χ1n) is 4.91. The number of nitrogens with zero attached hydrogens (tertiary/aromatic N) is 1. The maximum Gasteiger partial charge on any atom is 0.329 e. The highest BCUT2D eigenvalue weighted by Gasteiger charge is 2.36. The fourth-order valence-corrected chi connectivity index (χ4v) is 2.46. The Bertz CT molecular complexity index is 275. The van der Waals surface area contributed by atoms with E-state index in [2.05, 4.69) is 0 Å². The molecule has 1 aliphatic rings. The number of amides is 1. The predicted octanol–water partition coefficient (Wildman–Crippen LogP) is 0.759. The molecule has 1 atom stereocenters. The van der Waals surface area contributed by atoms with Gasteiger partial charge in [0.05, 0.1) is 6.61 Å². The molecule has 0 aromatic heterocycles. The van der Waals surface area contributed by atoms with Gasteiger partial charge in [-0.1, -0.05) is 0 Å². The molecular formula is C9H13F2NO3S. The molecule has 1 saturated heterocycles. The monoisotopic (exact) mass is 253 g/mol. The number of rotatable bonds is 3. The van der Waals surface area contributed by atoms with Gasteiger partial charge in [-0.05, 0) is 6.92 Å². The number of carbonyl (C=O) groups is 2. The molecule has 16 heavy (non-hydrogen) atoms. The second-order valence-electron chi connectivity index (χ2n) is 3.18. The smallest absolute Gasteiger partial charge is 0.329 e. The number of hydrogen-bond donors (Lipinski definition) is 0. The van der Waals surface area contributed by atoms with Gasteiger partial charge in [0, 0.05) is 18.1 Å². The predicted molar refractivity (Wildman–Crippen MR) is 55.5 cm³/mol. The highest BCUT2D eigenvalue weighted by molar-refractivity contribution is 7.99. The number of hydrogen-bond acceptors (Lipinski definition) is 4. The molecule has 0 bridgehead atoms. The average molecular weight is 253 g/mol. The first-order valence-corrected chi connectivity index (χ1v) is 6.06. The lowest BCUT2D eigenvalue weighted by molar-refractivity contribution is -0.158. The van der Waals surface area contributed by atoms with E-state index in [9.17, 15) is 18.4 Å². The van der Waals surface area contributed by atoms with Crippen LogP contribution >= 0.6 is 11.8 Å². The van der Waals surface area contributed by atoms with Crippen molar-refractivity contribution in [2.45, 2.75) is 19.4 Å². The second-order valence-corrected chi connectivity index (χ2v) is 4.32. The van der Waals surface area contributed by atoms with Crippen molar-refractivity contribution in [3.8, 4) is 0 Å². The largest absolute Gasteiger partial charge is 0.464 e. The highest BCUT2D eigenvalue weighted by atomic mass is 32.2. The molecule has 1 aliphatic heterocycles. The zero-order chi connectivity index (χ0) is 12.1. The molecule has 1 amide bonds. The molecular weight excluding hydrogens is 240 g/mol. The summed E-state index contributed by atoms with van der Waals surface area (Å²) < 4.78 is 29.3. The van der Waals surface area contributed by atoms with E-state index >= 15 is 0 Å². The summed E-state index contributed by atoms with van der Waals surface area (Å²) in [7, 11) is 0. The standard InChI is InChI=1S/C9H13F2NO3S/c1-2-15-9(14)6-5-16-4-3-12(6)8(13)7(10)11/h6-7H,2-5H2,1H3. The van der Waals surface area contributed by atoms with Crippen LogP contribution in [0.4, 0.5) is 8.78 Å². The Labute approximate surface area is 96.3 Å². The first-order chi connectivity index (χ1) is 7.57. The third-order valence-corrected chi connectivity index (χ3v) is 3.18. The van der Waals surface area contributed by atoms with Gasteiger partial charge in [0.15, 0.2) is 0 Å². The van der Waals surface area contributed by atoms with E-state index in [1.54, 1.807) is 6.92 Å². The Morgan fingerprint density at radius 1 is 1.56 bits per heavy atom. The van der Waals surface area contributed by atoms with Crippen molar-refractivity contribution in [3.05, 3.63) is 0 Å². The number of halogens is 2. The van der Waals surface area contributed by atoms with E-state index in [0.717, 1.165) is 4.90 Å². The number of esters is 1. The first kappa shape index (κ1) is 13.2. The molecule has 0 aromatic carbocycles. The van der Waals surface area contributed by atoms with E-state index < -0.39 is 24.3 Å². The summed E-state index contributed by atoms with van der Waals surface area (Å²) in [5.41, 5.74) is 0. The molecule has 0 radical (unpaired) electrons. The van der Waals surface area contributed by atoms with Crippen LogP contribution in [0.2, 0.25) is 0 Å². The fourth-order valence-electron chi connectivity index (χ4n) is 1.43. The van der Waals surface area contributed by atoms with Gasteiger partial charge in [-0.25, -0.2) is 4.79 Å². The Kier molecular flexibility index (Phi) is 4.98. The maximum atomic E-state index is 12.3. The zero-order valence-corrected chi connectivity index (χ0v) is 9.64. The van der Waals surface area contributed by atoms with Gasteiger partial charge in [0.1, 0.15) is 6.04 Å². The van der Waals surface area contributed by atoms with Crippen molar-refractivity contribution in [1.29, 1.82) is 0 Å². The lowest BCUT2D eigenvalue weighted by Gasteiger charge is -2.33. The average Bonchev–Trinajstić information content (AvgIpc) is 2.28. The van der Waals surface area contributed by atoms with Crippen LogP contribution in [-0.4, -0.2) is 53.9 Å². The lowest BCUT2D eigenvalue weighted by atomic mass is 10.2. The molecule has 1 rings (SSSR count). The summed E-state index contributed by atoms with van der Waals surface area (Å²) in [5, 5.41) is 0. The minimum Gasteiger partial charge on any atom is -0.464 e. The third kappa shape index (κ3) is 3.07. The van der Waals surface area contributed by atoms with Crippen molar-refractivity contribution in [3.63, 3.8) is 0 Å². The van der Waals surface area contributed by atoms with Crippen LogP contribution < -0.4 is 0 Å². The molecule has 0 spiro atoms. The van der Waals surface area contributed by atoms with Gasteiger partial charge < -0.3 is 9.64 Å². The van der Waals surface area contributed by atoms with Crippen LogP contribution in [0.25, 0.3) is 0 Å². The van der Waals surface area contributed by atoms with E-state index in [1.165, 1.54) is 11.8 Å². The quantitative estimate of drug-likeness (QED) is 0.697. The van der Waals surface area contributed by atoms with Gasteiger partial charge in [0.2, 0.25) is 0 Å². The van der Waals surface area contributed by atoms with E-state index in [4.69, 9.17) is 4.74 Å². The normalized spacial score (nSPS) is 21.0. The SMILES string of the molecule is CCOC(=O)C1CSCCN1C(=O)C(F)F. The van der Waals surface area contributed by atoms with Crippen molar-refractivity contribution in [2.24, 2.45) is 0 Å². The van der Waals surface area contributed by atoms with Crippen molar-refractivity contribution in [2.75, 3.05) is 24.7 Å². The van der Waals surface area contributed by atoms with Crippen molar-refractivity contribution < 1.29 is 23.1 Å². The number of carbonyl (C=O) groups excluding carboxylic acids is 2. The van der Waals surface area contributed by atoms with Crippen molar-refractivity contribution in [1.82, 2.24) is 4.90 Å². The van der Waals surface area contributed by atoms with Gasteiger partial charge in [-0.15, -0.1) is 0 Å². The summed E-state index contributed by atoms with van der Waals surface area (Å²) in [5.74, 6) is -1.02. The number of alkyl halides is 2. The fraction of sp³-hybridized carbons (Fsp3) is 0.778. The van der Waals surface area contributed by atoms with Crippen LogP contribution in [0, 0.1) is 0 Å². The summed E-state index contributed by atoms with van der Waals surface area (Å²) in [6, 6.07) is -0.875. The molecule has 4 nitrogen and oxygen atoms in total. The summed E-state index contributed by atoms with van der Waals surface area (Å²) >= 11 is 1.45. The molecule has 0 N–H and O–H groups in total. The molecule has 1 fully saturated rings. The second kappa shape index (κ2) is 6.03. The molecule has 1 heterocycles. The van der Waals surface area contributed by atoms with E-state index in [-0.39, 0.29) is 13.2 Å². The van der Waals surface area contributed by atoms with Gasteiger partial charge >= 0.3 is 12.4 Å². The Morgan fingerprint density at radius 3 is 2.81 bits per heavy atom. The van der Waals surface area contributed by atoms with Crippen LogP contribution in [0.15, 0.2) is 0 Å². The van der Waals surface area contributed by atoms with Crippen LogP contribution in [0.1, 0.15) is 6.92 Å². The Morgan fingerprint density at radius 2 is 2.25 bits per heavy atom. The summed E-state index contributed by atoms with van der Waals surface area (Å²) in [6.07, 6.45) is -3.07. The molecule has 0 aromatic rings. The van der Waals surface area contributed by atoms with Crippen LogP contribution in [-0.2, 0) is 14.3 Å². The van der Waals surface area contributed by atoms with Crippen LogP contribution in [0.3, 0.4) is 0 Å². The minimum atomic E-state index is -3.07. The topological polar surface area (TPSA) is 46.6 Å². The zero-order valence-electron chi connectivity index (χ0n) is 8.82. The third-order valence-electron chi connectivity index (χ3n) is 2.16. The minimum absolute atomic E-state index is 0.164. The van der Waals surface area contributed by atoms with Crippen LogP contribution in [0.5, 0.6) is 0 Å². The number of thioether (sulfide) groups is 1. The maximum absolute atomic E-state index is 12.3. The van der Waals surface area contributed by atoms with E-state index in [0.29, 0.717) is 11.5 Å². The molecule has 0 aliphatic carbocycles. The Balaban J connectivity index is 2.71. The van der Waals surface area contributed by atoms with Gasteiger partial charge in [-0.2, -0.15) is 20.5 Å². The molecule has 92 valence electrons. The van der Waals surface area contributed by atoms with Gasteiger partial charge in [0.25, 0.3) is 5.91 Å². The molecule has 1 unspecified atom stereocenters. The van der Waals surface area contributed by atoms with E-state index in [1.807, 2.05) is 0 Å². The Hall–Kier alpha value is -0.850. The highest BCUT2D eigenvalue weighted by Crippen LogP contribution is 2.19. The molecule has 0 saturated carbocycles. The molecule has 7 heteroatoms. The van der Waals surface area contributed by atoms with Crippen molar-refractivity contribution >= 4 is 23.6 Å².